The number of anilines is 1. The zero-order valence-corrected chi connectivity index (χ0v) is 10.3. The average Bonchev–Trinajstić information content (AvgIpc) is 2.60. The summed E-state index contributed by atoms with van der Waals surface area (Å²) in [5, 5.41) is 0.560. The van der Waals surface area contributed by atoms with Gasteiger partial charge in [0.2, 0.25) is 0 Å². The van der Waals surface area contributed by atoms with Crippen LogP contribution in [0.3, 0.4) is 0 Å². The first-order valence-corrected chi connectivity index (χ1v) is 5.68. The minimum atomic E-state index is 0.560. The van der Waals surface area contributed by atoms with E-state index in [1.165, 1.54) is 11.5 Å². The van der Waals surface area contributed by atoms with Gasteiger partial charge in [-0.05, 0) is 44.0 Å². The highest BCUT2D eigenvalue weighted by atomic mass is 32.1. The molecule has 1 heterocycles. The summed E-state index contributed by atoms with van der Waals surface area (Å²) in [5.41, 5.74) is 8.58. The zero-order chi connectivity index (χ0) is 11.7. The Morgan fingerprint density at radius 2 is 1.94 bits per heavy atom. The first-order chi connectivity index (χ1) is 7.56. The van der Waals surface area contributed by atoms with Gasteiger partial charge in [-0.3, -0.25) is 0 Å². The second kappa shape index (κ2) is 4.09. The topological polar surface area (TPSA) is 61.0 Å². The molecule has 1 aromatic heterocycles. The maximum absolute atomic E-state index is 5.81. The number of aromatic nitrogens is 2. The van der Waals surface area contributed by atoms with E-state index in [-0.39, 0.29) is 0 Å². The summed E-state index contributed by atoms with van der Waals surface area (Å²) in [5.74, 6) is 1.51. The Balaban J connectivity index is 2.31. The fourth-order valence-electron chi connectivity index (χ4n) is 1.34. The smallest absolute Gasteiger partial charge is 0.298 e. The molecule has 0 aliphatic heterocycles. The van der Waals surface area contributed by atoms with Gasteiger partial charge in [0.05, 0.1) is 0 Å². The van der Waals surface area contributed by atoms with Crippen molar-refractivity contribution >= 4 is 17.2 Å². The molecule has 84 valence electrons. The van der Waals surface area contributed by atoms with E-state index in [9.17, 15) is 0 Å². The number of nitrogen functional groups attached to an aromatic ring is 1. The summed E-state index contributed by atoms with van der Waals surface area (Å²) in [6.45, 7) is 5.75. The van der Waals surface area contributed by atoms with E-state index < -0.39 is 0 Å². The van der Waals surface area contributed by atoms with Crippen LogP contribution in [0.15, 0.2) is 12.1 Å². The monoisotopic (exact) mass is 235 g/mol. The Hall–Kier alpha value is -1.62. The fourth-order valence-corrected chi connectivity index (χ4v) is 1.89. The molecular weight excluding hydrogens is 222 g/mol. The molecular formula is C11H13N3OS. The molecule has 0 bridgehead atoms. The molecule has 2 aromatic rings. The van der Waals surface area contributed by atoms with E-state index in [1.54, 1.807) is 0 Å². The molecule has 0 aliphatic rings. The number of hydrogen-bond acceptors (Lipinski definition) is 5. The third-order valence-electron chi connectivity index (χ3n) is 2.27. The van der Waals surface area contributed by atoms with Gasteiger partial charge in [0.1, 0.15) is 11.6 Å². The summed E-state index contributed by atoms with van der Waals surface area (Å²) >= 11 is 1.25. The van der Waals surface area contributed by atoms with Crippen LogP contribution < -0.4 is 10.5 Å². The van der Waals surface area contributed by atoms with Crippen molar-refractivity contribution in [2.75, 3.05) is 5.73 Å². The molecule has 1 aromatic carbocycles. The minimum absolute atomic E-state index is 0.560. The van der Waals surface area contributed by atoms with Crippen molar-refractivity contribution in [3.05, 3.63) is 29.1 Å². The molecule has 0 unspecified atom stereocenters. The SMILES string of the molecule is Cc1nsc(Oc2cc(C)c(N)cc2C)n1. The molecule has 0 atom stereocenters. The summed E-state index contributed by atoms with van der Waals surface area (Å²) in [4.78, 5) is 4.15. The molecule has 0 fully saturated rings. The number of ether oxygens (including phenoxy) is 1. The van der Waals surface area contributed by atoms with Crippen molar-refractivity contribution < 1.29 is 4.74 Å². The molecule has 2 rings (SSSR count). The lowest BCUT2D eigenvalue weighted by molar-refractivity contribution is 0.474. The Labute approximate surface area is 98.3 Å². The fraction of sp³-hybridized carbons (Fsp3) is 0.273. The Morgan fingerprint density at radius 1 is 1.19 bits per heavy atom. The first kappa shape index (κ1) is 10.9. The van der Waals surface area contributed by atoms with Crippen LogP contribution in [0.25, 0.3) is 0 Å². The van der Waals surface area contributed by atoms with Crippen LogP contribution in [0, 0.1) is 20.8 Å². The van der Waals surface area contributed by atoms with Crippen molar-refractivity contribution in [3.63, 3.8) is 0 Å². The third-order valence-corrected chi connectivity index (χ3v) is 2.96. The van der Waals surface area contributed by atoms with Gasteiger partial charge in [0, 0.05) is 17.2 Å². The van der Waals surface area contributed by atoms with Gasteiger partial charge in [-0.1, -0.05) is 0 Å². The number of aryl methyl sites for hydroxylation is 3. The van der Waals surface area contributed by atoms with Gasteiger partial charge >= 0.3 is 0 Å². The largest absolute Gasteiger partial charge is 0.430 e. The first-order valence-electron chi connectivity index (χ1n) is 4.91. The summed E-state index contributed by atoms with van der Waals surface area (Å²) < 4.78 is 9.72. The van der Waals surface area contributed by atoms with Gasteiger partial charge in [0.25, 0.3) is 5.19 Å². The minimum Gasteiger partial charge on any atom is -0.430 e. The second-order valence-corrected chi connectivity index (χ2v) is 4.40. The maximum atomic E-state index is 5.81. The number of rotatable bonds is 2. The van der Waals surface area contributed by atoms with Crippen molar-refractivity contribution in [1.82, 2.24) is 9.36 Å². The number of hydrogen-bond donors (Lipinski definition) is 1. The lowest BCUT2D eigenvalue weighted by atomic mass is 10.1. The molecule has 0 saturated heterocycles. The van der Waals surface area contributed by atoms with E-state index in [1.807, 2.05) is 32.9 Å². The van der Waals surface area contributed by atoms with E-state index in [0.717, 1.165) is 28.4 Å². The maximum Gasteiger partial charge on any atom is 0.298 e. The van der Waals surface area contributed by atoms with Gasteiger partial charge in [0.15, 0.2) is 0 Å². The van der Waals surface area contributed by atoms with Crippen LogP contribution in [0.4, 0.5) is 5.69 Å². The quantitative estimate of drug-likeness (QED) is 0.813. The highest BCUT2D eigenvalue weighted by Crippen LogP contribution is 2.29. The number of nitrogens with two attached hydrogens (primary N) is 1. The highest BCUT2D eigenvalue weighted by molar-refractivity contribution is 7.07. The predicted octanol–water partition coefficient (Wildman–Crippen LogP) is 2.84. The number of benzene rings is 1. The highest BCUT2D eigenvalue weighted by Gasteiger charge is 2.07. The molecule has 0 radical (unpaired) electrons. The van der Waals surface area contributed by atoms with Gasteiger partial charge in [-0.25, -0.2) is 0 Å². The standard InChI is InChI=1S/C11H13N3OS/c1-6-5-10(7(2)4-9(6)12)15-11-13-8(3)14-16-11/h4-5H,12H2,1-3H3. The zero-order valence-electron chi connectivity index (χ0n) is 9.44. The van der Waals surface area contributed by atoms with E-state index in [4.69, 9.17) is 10.5 Å². The second-order valence-electron chi connectivity index (χ2n) is 3.68. The van der Waals surface area contributed by atoms with Crippen LogP contribution in [-0.2, 0) is 0 Å². The molecule has 0 aliphatic carbocycles. The Morgan fingerprint density at radius 3 is 2.56 bits per heavy atom. The van der Waals surface area contributed by atoms with Crippen molar-refractivity contribution in [3.8, 4) is 10.9 Å². The van der Waals surface area contributed by atoms with Crippen molar-refractivity contribution in [2.45, 2.75) is 20.8 Å². The normalized spacial score (nSPS) is 10.4. The summed E-state index contributed by atoms with van der Waals surface area (Å²) in [6.07, 6.45) is 0. The van der Waals surface area contributed by atoms with Gasteiger partial charge in [-0.15, -0.1) is 0 Å². The third kappa shape index (κ3) is 2.14. The molecule has 0 amide bonds. The molecule has 0 spiro atoms. The Bertz CT molecular complexity index is 522. The lowest BCUT2D eigenvalue weighted by Gasteiger charge is -2.08. The van der Waals surface area contributed by atoms with Crippen LogP contribution in [-0.4, -0.2) is 9.36 Å². The van der Waals surface area contributed by atoms with E-state index >= 15 is 0 Å². The summed E-state index contributed by atoms with van der Waals surface area (Å²) in [6, 6.07) is 3.82. The number of nitrogens with zero attached hydrogens (tertiary/aromatic N) is 2. The van der Waals surface area contributed by atoms with Crippen LogP contribution >= 0.6 is 11.5 Å². The van der Waals surface area contributed by atoms with Crippen LogP contribution in [0.1, 0.15) is 17.0 Å². The molecule has 0 saturated carbocycles. The van der Waals surface area contributed by atoms with Crippen molar-refractivity contribution in [1.29, 1.82) is 0 Å². The van der Waals surface area contributed by atoms with E-state index in [0.29, 0.717) is 5.19 Å². The van der Waals surface area contributed by atoms with Crippen molar-refractivity contribution in [2.24, 2.45) is 0 Å². The average molecular weight is 235 g/mol. The predicted molar refractivity (Wildman–Crippen MR) is 65.0 cm³/mol. The Kier molecular flexibility index (Phi) is 2.78. The van der Waals surface area contributed by atoms with Crippen LogP contribution in [0.5, 0.6) is 10.9 Å². The van der Waals surface area contributed by atoms with Crippen LogP contribution in [0.2, 0.25) is 0 Å². The molecule has 16 heavy (non-hydrogen) atoms. The lowest BCUT2D eigenvalue weighted by Crippen LogP contribution is -1.94. The summed E-state index contributed by atoms with van der Waals surface area (Å²) in [7, 11) is 0. The molecule has 5 heteroatoms. The molecule has 4 nitrogen and oxygen atoms in total. The van der Waals surface area contributed by atoms with E-state index in [2.05, 4.69) is 9.36 Å². The van der Waals surface area contributed by atoms with Gasteiger partial charge in [-0.2, -0.15) is 9.36 Å². The van der Waals surface area contributed by atoms with Gasteiger partial charge < -0.3 is 10.5 Å². The molecule has 2 N–H and O–H groups in total.